The quantitative estimate of drug-likeness (QED) is 0.354. The van der Waals surface area contributed by atoms with Crippen molar-refractivity contribution in [1.82, 2.24) is 14.8 Å². The van der Waals surface area contributed by atoms with E-state index in [1.165, 1.54) is 25.5 Å². The number of nitrogens with zero attached hydrogens (tertiary/aromatic N) is 3. The highest BCUT2D eigenvalue weighted by atomic mass is 79.9. The minimum absolute atomic E-state index is 0.133. The summed E-state index contributed by atoms with van der Waals surface area (Å²) < 4.78 is 24.8. The molecule has 0 unspecified atom stereocenters. The molecule has 4 rings (SSSR count). The van der Waals surface area contributed by atoms with Gasteiger partial charge in [-0.3, -0.25) is 9.69 Å². The third-order valence-electron chi connectivity index (χ3n) is 5.55. The van der Waals surface area contributed by atoms with Gasteiger partial charge < -0.3 is 14.1 Å². The molecule has 1 aliphatic heterocycles. The van der Waals surface area contributed by atoms with Gasteiger partial charge in [-0.05, 0) is 41.0 Å². The van der Waals surface area contributed by atoms with E-state index in [0.29, 0.717) is 49.8 Å². The summed E-state index contributed by atoms with van der Waals surface area (Å²) in [5.74, 6) is -0.616. The third kappa shape index (κ3) is 5.78. The largest absolute Gasteiger partial charge is 0.464 e. The van der Waals surface area contributed by atoms with Gasteiger partial charge in [-0.15, -0.1) is 0 Å². The summed E-state index contributed by atoms with van der Waals surface area (Å²) in [5, 5.41) is 0. The van der Waals surface area contributed by atoms with Crippen LogP contribution in [0.3, 0.4) is 0 Å². The van der Waals surface area contributed by atoms with Crippen molar-refractivity contribution in [2.24, 2.45) is 0 Å². The van der Waals surface area contributed by atoms with Gasteiger partial charge in [0.15, 0.2) is 5.69 Å². The topological polar surface area (TPSA) is 75.9 Å². The molecule has 0 bridgehead atoms. The first-order valence-electron chi connectivity index (χ1n) is 10.7. The Balaban J connectivity index is 1.45. The van der Waals surface area contributed by atoms with Gasteiger partial charge in [0.05, 0.1) is 13.7 Å². The van der Waals surface area contributed by atoms with E-state index < -0.39 is 5.97 Å². The second-order valence-electron chi connectivity index (χ2n) is 7.79. The molecule has 1 saturated heterocycles. The molecule has 9 heteroatoms. The van der Waals surface area contributed by atoms with E-state index >= 15 is 0 Å². The first kappa shape index (κ1) is 23.8. The second-order valence-corrected chi connectivity index (χ2v) is 8.71. The molecule has 1 aliphatic rings. The SMILES string of the molecule is COC(=O)c1coc(CN2CCN(C(=O)C=C(c3ccc(Br)cc3)c3cccc(F)c3)CC2)n1. The van der Waals surface area contributed by atoms with Crippen molar-refractivity contribution >= 4 is 33.4 Å². The minimum atomic E-state index is -0.544. The number of oxazole rings is 1. The van der Waals surface area contributed by atoms with Crippen LogP contribution in [0.25, 0.3) is 5.57 Å². The molecule has 0 saturated carbocycles. The Morgan fingerprint density at radius 2 is 1.85 bits per heavy atom. The van der Waals surface area contributed by atoms with Gasteiger partial charge >= 0.3 is 5.97 Å². The molecule has 7 nitrogen and oxygen atoms in total. The molecule has 1 amide bonds. The monoisotopic (exact) mass is 527 g/mol. The number of aromatic nitrogens is 1. The van der Waals surface area contributed by atoms with Crippen molar-refractivity contribution in [1.29, 1.82) is 0 Å². The number of carbonyl (C=O) groups is 2. The first-order chi connectivity index (χ1) is 16.4. The number of rotatable bonds is 6. The Morgan fingerprint density at radius 3 is 2.53 bits per heavy atom. The van der Waals surface area contributed by atoms with E-state index in [2.05, 4.69) is 30.6 Å². The summed E-state index contributed by atoms with van der Waals surface area (Å²) in [6.07, 6.45) is 2.85. The molecular formula is C25H23BrFN3O4. The van der Waals surface area contributed by atoms with Crippen LogP contribution in [0.1, 0.15) is 27.5 Å². The van der Waals surface area contributed by atoms with Crippen LogP contribution in [0.5, 0.6) is 0 Å². The Bertz CT molecular complexity index is 1200. The number of esters is 1. The van der Waals surface area contributed by atoms with E-state index in [0.717, 1.165) is 10.0 Å². The zero-order valence-electron chi connectivity index (χ0n) is 18.5. The smallest absolute Gasteiger partial charge is 0.360 e. The van der Waals surface area contributed by atoms with Gasteiger partial charge in [-0.1, -0.05) is 40.2 Å². The lowest BCUT2D eigenvalue weighted by Gasteiger charge is -2.33. The lowest BCUT2D eigenvalue weighted by Crippen LogP contribution is -2.47. The van der Waals surface area contributed by atoms with E-state index in [4.69, 9.17) is 4.42 Å². The van der Waals surface area contributed by atoms with Gasteiger partial charge in [0.2, 0.25) is 11.8 Å². The molecule has 0 spiro atoms. The lowest BCUT2D eigenvalue weighted by molar-refractivity contribution is -0.127. The standard InChI is InChI=1S/C25H23BrFN3O4/c1-33-25(32)22-16-34-23(28-22)15-29-9-11-30(12-10-29)24(31)14-21(17-5-7-19(26)8-6-17)18-3-2-4-20(27)13-18/h2-8,13-14,16H,9-12,15H2,1H3. The van der Waals surface area contributed by atoms with Gasteiger partial charge in [0, 0.05) is 36.7 Å². The number of halogens is 2. The van der Waals surface area contributed by atoms with Gasteiger partial charge in [0.1, 0.15) is 12.1 Å². The van der Waals surface area contributed by atoms with Crippen molar-refractivity contribution in [3.63, 3.8) is 0 Å². The molecule has 0 atom stereocenters. The second kappa shape index (κ2) is 10.8. The number of benzene rings is 2. The highest BCUT2D eigenvalue weighted by molar-refractivity contribution is 9.10. The van der Waals surface area contributed by atoms with Crippen molar-refractivity contribution in [2.45, 2.75) is 6.54 Å². The van der Waals surface area contributed by atoms with Gasteiger partial charge in [-0.25, -0.2) is 14.2 Å². The first-order valence-corrected chi connectivity index (χ1v) is 11.5. The maximum Gasteiger partial charge on any atom is 0.360 e. The predicted molar refractivity (Wildman–Crippen MR) is 127 cm³/mol. The van der Waals surface area contributed by atoms with Gasteiger partial charge in [-0.2, -0.15) is 0 Å². The summed E-state index contributed by atoms with van der Waals surface area (Å²) in [6, 6.07) is 13.8. The average molecular weight is 528 g/mol. The summed E-state index contributed by atoms with van der Waals surface area (Å²) in [4.78, 5) is 32.7. The zero-order valence-corrected chi connectivity index (χ0v) is 20.1. The summed E-state index contributed by atoms with van der Waals surface area (Å²) in [7, 11) is 1.29. The maximum absolute atomic E-state index is 13.9. The highest BCUT2D eigenvalue weighted by Crippen LogP contribution is 2.26. The van der Waals surface area contributed by atoms with E-state index in [9.17, 15) is 14.0 Å². The molecule has 1 fully saturated rings. The molecule has 1 aromatic heterocycles. The molecule has 0 radical (unpaired) electrons. The number of ether oxygens (including phenoxy) is 1. The van der Waals surface area contributed by atoms with Crippen LogP contribution >= 0.6 is 15.9 Å². The number of piperazine rings is 1. The van der Waals surface area contributed by atoms with Crippen molar-refractivity contribution in [3.05, 3.63) is 93.9 Å². The Morgan fingerprint density at radius 1 is 1.12 bits per heavy atom. The molecule has 2 heterocycles. The third-order valence-corrected chi connectivity index (χ3v) is 6.08. The van der Waals surface area contributed by atoms with Crippen LogP contribution in [0.4, 0.5) is 4.39 Å². The molecule has 34 heavy (non-hydrogen) atoms. The fraction of sp³-hybridized carbons (Fsp3) is 0.240. The molecule has 176 valence electrons. The van der Waals surface area contributed by atoms with E-state index in [1.807, 2.05) is 24.3 Å². The lowest BCUT2D eigenvalue weighted by atomic mass is 9.97. The maximum atomic E-state index is 13.9. The van der Waals surface area contributed by atoms with Crippen molar-refractivity contribution < 1.29 is 23.1 Å². The molecule has 0 aliphatic carbocycles. The van der Waals surface area contributed by atoms with Crippen LogP contribution < -0.4 is 0 Å². The van der Waals surface area contributed by atoms with Crippen molar-refractivity contribution in [3.8, 4) is 0 Å². The molecular weight excluding hydrogens is 505 g/mol. The summed E-state index contributed by atoms with van der Waals surface area (Å²) in [5.41, 5.74) is 2.26. The van der Waals surface area contributed by atoms with Crippen LogP contribution in [-0.4, -0.2) is 59.9 Å². The van der Waals surface area contributed by atoms with E-state index in [-0.39, 0.29) is 17.4 Å². The summed E-state index contributed by atoms with van der Waals surface area (Å²) >= 11 is 3.42. The minimum Gasteiger partial charge on any atom is -0.464 e. The number of hydrogen-bond donors (Lipinski definition) is 0. The predicted octanol–water partition coefficient (Wildman–Crippen LogP) is 4.14. The van der Waals surface area contributed by atoms with Crippen molar-refractivity contribution in [2.75, 3.05) is 33.3 Å². The number of amides is 1. The zero-order chi connectivity index (χ0) is 24.1. The Kier molecular flexibility index (Phi) is 7.54. The van der Waals surface area contributed by atoms with E-state index in [1.54, 1.807) is 23.1 Å². The molecule has 2 aromatic carbocycles. The summed E-state index contributed by atoms with van der Waals surface area (Å²) in [6.45, 7) is 2.74. The van der Waals surface area contributed by atoms with Crippen LogP contribution in [0.2, 0.25) is 0 Å². The van der Waals surface area contributed by atoms with Crippen LogP contribution in [0, 0.1) is 5.82 Å². The Labute approximate surface area is 205 Å². The Hall–Kier alpha value is -3.30. The van der Waals surface area contributed by atoms with Crippen LogP contribution in [-0.2, 0) is 16.1 Å². The highest BCUT2D eigenvalue weighted by Gasteiger charge is 2.23. The number of methoxy groups -OCH3 is 1. The number of hydrogen-bond acceptors (Lipinski definition) is 6. The average Bonchev–Trinajstić information content (AvgIpc) is 3.31. The molecule has 3 aromatic rings. The fourth-order valence-corrected chi connectivity index (χ4v) is 4.00. The number of carbonyl (C=O) groups excluding carboxylic acids is 2. The normalized spacial score (nSPS) is 14.8. The van der Waals surface area contributed by atoms with Gasteiger partial charge in [0.25, 0.3) is 0 Å². The fourth-order valence-electron chi connectivity index (χ4n) is 3.73. The molecule has 0 N–H and O–H groups in total. The van der Waals surface area contributed by atoms with Crippen LogP contribution in [0.15, 0.2) is 69.8 Å².